The van der Waals surface area contributed by atoms with E-state index in [4.69, 9.17) is 4.74 Å². The quantitative estimate of drug-likeness (QED) is 0.920. The van der Waals surface area contributed by atoms with Crippen molar-refractivity contribution in [1.29, 1.82) is 0 Å². The van der Waals surface area contributed by atoms with Crippen LogP contribution < -0.4 is 10.1 Å². The lowest BCUT2D eigenvalue weighted by Crippen LogP contribution is -2.44. The van der Waals surface area contributed by atoms with Gasteiger partial charge in [-0.3, -0.25) is 4.90 Å². The van der Waals surface area contributed by atoms with Gasteiger partial charge in [0.25, 0.3) is 0 Å². The zero-order chi connectivity index (χ0) is 15.5. The molecule has 1 saturated heterocycles. The van der Waals surface area contributed by atoms with Crippen molar-refractivity contribution in [3.63, 3.8) is 0 Å². The van der Waals surface area contributed by atoms with Crippen LogP contribution in [-0.2, 0) is 6.18 Å². The van der Waals surface area contributed by atoms with E-state index < -0.39 is 11.9 Å². The highest BCUT2D eigenvalue weighted by Crippen LogP contribution is 2.31. The lowest BCUT2D eigenvalue weighted by Gasteiger charge is -2.32. The van der Waals surface area contributed by atoms with E-state index in [0.29, 0.717) is 0 Å². The summed E-state index contributed by atoms with van der Waals surface area (Å²) in [4.78, 5) is 9.86. The van der Waals surface area contributed by atoms with Gasteiger partial charge in [0.15, 0.2) is 5.69 Å². The van der Waals surface area contributed by atoms with Crippen molar-refractivity contribution in [2.24, 2.45) is 0 Å². The molecule has 0 aromatic carbocycles. The number of aromatic nitrogens is 2. The Kier molecular flexibility index (Phi) is 5.00. The smallest absolute Gasteiger partial charge is 0.433 e. The molecule has 2 rings (SSSR count). The van der Waals surface area contributed by atoms with Crippen LogP contribution in [0.2, 0.25) is 0 Å². The van der Waals surface area contributed by atoms with Crippen molar-refractivity contribution >= 4 is 0 Å². The molecule has 1 aliphatic heterocycles. The lowest BCUT2D eigenvalue weighted by atomic mass is 10.2. The van der Waals surface area contributed by atoms with Crippen LogP contribution >= 0.6 is 0 Å². The summed E-state index contributed by atoms with van der Waals surface area (Å²) < 4.78 is 43.9. The third-order valence-corrected chi connectivity index (χ3v) is 3.38. The Labute approximate surface area is 121 Å². The topological polar surface area (TPSA) is 50.3 Å². The van der Waals surface area contributed by atoms with Gasteiger partial charge >= 0.3 is 6.18 Å². The minimum Gasteiger partial charge on any atom is -0.478 e. The maximum absolute atomic E-state index is 12.9. The number of ether oxygens (including phenoxy) is 1. The van der Waals surface area contributed by atoms with Crippen LogP contribution in [0.15, 0.2) is 6.07 Å². The maximum Gasteiger partial charge on any atom is 0.433 e. The fourth-order valence-corrected chi connectivity index (χ4v) is 2.23. The molecule has 1 N–H and O–H groups in total. The monoisotopic (exact) mass is 304 g/mol. The van der Waals surface area contributed by atoms with E-state index in [1.165, 1.54) is 0 Å². The number of nitrogens with one attached hydrogen (secondary N) is 1. The molecule has 5 nitrogen and oxygen atoms in total. The van der Waals surface area contributed by atoms with E-state index in [0.717, 1.165) is 32.2 Å². The molecule has 1 aromatic heterocycles. The van der Waals surface area contributed by atoms with E-state index in [1.807, 2.05) is 6.92 Å². The number of hydrogen-bond acceptors (Lipinski definition) is 5. The Morgan fingerprint density at radius 3 is 2.57 bits per heavy atom. The van der Waals surface area contributed by atoms with Gasteiger partial charge in [0.05, 0.1) is 12.6 Å². The molecule has 2 heterocycles. The minimum absolute atomic E-state index is 0.0307. The summed E-state index contributed by atoms with van der Waals surface area (Å²) in [7, 11) is 0. The summed E-state index contributed by atoms with van der Waals surface area (Å²) in [6.07, 6.45) is -4.51. The lowest BCUT2D eigenvalue weighted by molar-refractivity contribution is -0.141. The summed E-state index contributed by atoms with van der Waals surface area (Å²) in [6.45, 7) is 6.90. The van der Waals surface area contributed by atoms with Gasteiger partial charge in [0.1, 0.15) is 5.82 Å². The molecule has 0 bridgehead atoms. The molecule has 21 heavy (non-hydrogen) atoms. The molecule has 1 unspecified atom stereocenters. The van der Waals surface area contributed by atoms with Crippen molar-refractivity contribution in [2.75, 3.05) is 32.8 Å². The molecule has 0 spiro atoms. The SMILES string of the molecule is CCOc1cc(C(F)(F)F)nc(C(C)N2CCNCC2)n1. The van der Waals surface area contributed by atoms with Crippen molar-refractivity contribution in [3.8, 4) is 5.88 Å². The summed E-state index contributed by atoms with van der Waals surface area (Å²) in [5.41, 5.74) is -0.960. The van der Waals surface area contributed by atoms with Crippen LogP contribution in [0.4, 0.5) is 13.2 Å². The van der Waals surface area contributed by atoms with Gasteiger partial charge < -0.3 is 10.1 Å². The van der Waals surface area contributed by atoms with Crippen LogP contribution in [0, 0.1) is 0 Å². The number of hydrogen-bond donors (Lipinski definition) is 1. The zero-order valence-corrected chi connectivity index (χ0v) is 12.1. The Hall–Kier alpha value is -1.41. The number of nitrogens with zero attached hydrogens (tertiary/aromatic N) is 3. The summed E-state index contributed by atoms with van der Waals surface area (Å²) in [5.74, 6) is 0.118. The minimum atomic E-state index is -4.51. The van der Waals surface area contributed by atoms with E-state index in [9.17, 15) is 13.2 Å². The van der Waals surface area contributed by atoms with Crippen molar-refractivity contribution < 1.29 is 17.9 Å². The predicted octanol–water partition coefficient (Wildman–Crippen LogP) is 1.86. The molecular formula is C13H19F3N4O. The highest BCUT2D eigenvalue weighted by atomic mass is 19.4. The van der Waals surface area contributed by atoms with Crippen molar-refractivity contribution in [1.82, 2.24) is 20.2 Å². The number of rotatable bonds is 4. The first kappa shape index (κ1) is 16.0. The second kappa shape index (κ2) is 6.57. The molecule has 0 aliphatic carbocycles. The van der Waals surface area contributed by atoms with Crippen LogP contribution in [0.1, 0.15) is 31.4 Å². The van der Waals surface area contributed by atoms with Gasteiger partial charge in [-0.2, -0.15) is 18.2 Å². The first-order valence-corrected chi connectivity index (χ1v) is 6.95. The molecule has 0 amide bonds. The molecular weight excluding hydrogens is 285 g/mol. The Morgan fingerprint density at radius 2 is 2.00 bits per heavy atom. The molecule has 0 saturated carbocycles. The molecule has 0 radical (unpaired) electrons. The standard InChI is InChI=1S/C13H19F3N4O/c1-3-21-11-8-10(13(14,15)16)18-12(19-11)9(2)20-6-4-17-5-7-20/h8-9,17H,3-7H2,1-2H3. The molecule has 1 atom stereocenters. The Balaban J connectivity index is 2.30. The van der Waals surface area contributed by atoms with E-state index in [-0.39, 0.29) is 24.4 Å². The summed E-state index contributed by atoms with van der Waals surface area (Å²) in [6, 6.07) is 0.561. The van der Waals surface area contributed by atoms with E-state index in [2.05, 4.69) is 20.2 Å². The second-order valence-corrected chi connectivity index (χ2v) is 4.84. The van der Waals surface area contributed by atoms with Gasteiger partial charge in [-0.15, -0.1) is 0 Å². The molecule has 118 valence electrons. The number of piperazine rings is 1. The van der Waals surface area contributed by atoms with Gasteiger partial charge in [0.2, 0.25) is 5.88 Å². The molecule has 1 fully saturated rings. The third kappa shape index (κ3) is 4.04. The highest BCUT2D eigenvalue weighted by molar-refractivity contribution is 5.20. The maximum atomic E-state index is 12.9. The first-order chi connectivity index (χ1) is 9.91. The molecule has 1 aliphatic rings. The van der Waals surface area contributed by atoms with Gasteiger partial charge in [-0.1, -0.05) is 0 Å². The fraction of sp³-hybridized carbons (Fsp3) is 0.692. The van der Waals surface area contributed by atoms with Crippen LogP contribution in [0.25, 0.3) is 0 Å². The normalized spacial score (nSPS) is 18.5. The third-order valence-electron chi connectivity index (χ3n) is 3.38. The van der Waals surface area contributed by atoms with E-state index >= 15 is 0 Å². The summed E-state index contributed by atoms with van der Waals surface area (Å²) >= 11 is 0. The molecule has 1 aromatic rings. The van der Waals surface area contributed by atoms with Gasteiger partial charge in [0, 0.05) is 32.2 Å². The zero-order valence-electron chi connectivity index (χ0n) is 12.1. The number of alkyl halides is 3. The largest absolute Gasteiger partial charge is 0.478 e. The van der Waals surface area contributed by atoms with Crippen LogP contribution in [0.5, 0.6) is 5.88 Å². The van der Waals surface area contributed by atoms with Crippen LogP contribution in [0.3, 0.4) is 0 Å². The first-order valence-electron chi connectivity index (χ1n) is 6.95. The number of halogens is 3. The van der Waals surface area contributed by atoms with Gasteiger partial charge in [-0.25, -0.2) is 4.98 Å². The van der Waals surface area contributed by atoms with Crippen molar-refractivity contribution in [2.45, 2.75) is 26.1 Å². The predicted molar refractivity (Wildman–Crippen MR) is 71.1 cm³/mol. The second-order valence-electron chi connectivity index (χ2n) is 4.84. The fourth-order valence-electron chi connectivity index (χ4n) is 2.23. The summed E-state index contributed by atoms with van der Waals surface area (Å²) in [5, 5.41) is 3.20. The van der Waals surface area contributed by atoms with Crippen molar-refractivity contribution in [3.05, 3.63) is 17.6 Å². The Bertz CT molecular complexity index is 475. The Morgan fingerprint density at radius 1 is 1.33 bits per heavy atom. The highest BCUT2D eigenvalue weighted by Gasteiger charge is 2.35. The molecule has 8 heteroatoms. The van der Waals surface area contributed by atoms with Crippen LogP contribution in [-0.4, -0.2) is 47.7 Å². The average Bonchev–Trinajstić information content (AvgIpc) is 2.46. The van der Waals surface area contributed by atoms with E-state index in [1.54, 1.807) is 6.92 Å². The average molecular weight is 304 g/mol. The van der Waals surface area contributed by atoms with Gasteiger partial charge in [-0.05, 0) is 13.8 Å².